The van der Waals surface area contributed by atoms with Crippen LogP contribution in [0.3, 0.4) is 0 Å². The van der Waals surface area contributed by atoms with Crippen molar-refractivity contribution in [2.45, 2.75) is 38.4 Å². The summed E-state index contributed by atoms with van der Waals surface area (Å²) in [6, 6.07) is 0. The summed E-state index contributed by atoms with van der Waals surface area (Å²) in [7, 11) is 0. The molecule has 2 fully saturated rings. The number of amides is 1. The molecule has 2 heterocycles. The molecule has 18 heavy (non-hydrogen) atoms. The molecule has 4 unspecified atom stereocenters. The second-order valence-electron chi connectivity index (χ2n) is 5.66. The summed E-state index contributed by atoms with van der Waals surface area (Å²) in [6.45, 7) is 6.59. The lowest BCUT2D eigenvalue weighted by Crippen LogP contribution is -2.51. The van der Waals surface area contributed by atoms with Crippen LogP contribution in [0.25, 0.3) is 0 Å². The van der Waals surface area contributed by atoms with Gasteiger partial charge in [-0.05, 0) is 32.4 Å². The summed E-state index contributed by atoms with van der Waals surface area (Å²) in [5.74, 6) is 0.481. The Hall–Kier alpha value is -0.650. The average molecular weight is 256 g/mol. The van der Waals surface area contributed by atoms with Gasteiger partial charge in [-0.1, -0.05) is 6.92 Å². The van der Waals surface area contributed by atoms with Crippen LogP contribution in [-0.2, 0) is 9.53 Å². The number of ether oxygens (including phenoxy) is 1. The van der Waals surface area contributed by atoms with Crippen LogP contribution in [0.4, 0.5) is 0 Å². The molecular formula is C13H24N2O3. The highest BCUT2D eigenvalue weighted by Gasteiger charge is 2.40. The fourth-order valence-corrected chi connectivity index (χ4v) is 2.78. The molecule has 0 saturated carbocycles. The van der Waals surface area contributed by atoms with Crippen molar-refractivity contribution in [1.29, 1.82) is 0 Å². The maximum atomic E-state index is 12.1. The number of carbonyl (C=O) groups excluding carboxylic acids is 1. The summed E-state index contributed by atoms with van der Waals surface area (Å²) in [6.07, 6.45) is 1.26. The number of carbonyl (C=O) groups is 1. The van der Waals surface area contributed by atoms with Crippen LogP contribution in [0, 0.1) is 11.8 Å². The molecule has 3 N–H and O–H groups in total. The van der Waals surface area contributed by atoms with Crippen LogP contribution < -0.4 is 10.6 Å². The SMILES string of the molecule is CC1CNCCC1C(=O)NCC1(O)CCOC1C. The highest BCUT2D eigenvalue weighted by atomic mass is 16.5. The molecule has 2 aliphatic heterocycles. The first-order chi connectivity index (χ1) is 8.53. The van der Waals surface area contributed by atoms with Gasteiger partial charge in [-0.15, -0.1) is 0 Å². The van der Waals surface area contributed by atoms with Gasteiger partial charge in [0.05, 0.1) is 6.10 Å². The Labute approximate surface area is 108 Å². The number of aliphatic hydroxyl groups is 1. The van der Waals surface area contributed by atoms with Crippen molar-refractivity contribution in [2.75, 3.05) is 26.2 Å². The minimum absolute atomic E-state index is 0.0625. The molecule has 0 aromatic rings. The zero-order valence-corrected chi connectivity index (χ0v) is 11.2. The monoisotopic (exact) mass is 256 g/mol. The molecule has 1 amide bonds. The number of piperidine rings is 1. The highest BCUT2D eigenvalue weighted by Crippen LogP contribution is 2.25. The van der Waals surface area contributed by atoms with E-state index in [4.69, 9.17) is 4.74 Å². The van der Waals surface area contributed by atoms with E-state index in [1.54, 1.807) is 0 Å². The zero-order valence-electron chi connectivity index (χ0n) is 11.2. The second kappa shape index (κ2) is 5.55. The highest BCUT2D eigenvalue weighted by molar-refractivity contribution is 5.79. The van der Waals surface area contributed by atoms with Crippen LogP contribution in [-0.4, -0.2) is 49.0 Å². The van der Waals surface area contributed by atoms with Gasteiger partial charge < -0.3 is 20.5 Å². The predicted molar refractivity (Wildman–Crippen MR) is 68.1 cm³/mol. The summed E-state index contributed by atoms with van der Waals surface area (Å²) in [5.41, 5.74) is -0.897. The maximum Gasteiger partial charge on any atom is 0.223 e. The zero-order chi connectivity index (χ0) is 13.2. The van der Waals surface area contributed by atoms with E-state index in [0.29, 0.717) is 25.5 Å². The number of hydrogen-bond acceptors (Lipinski definition) is 4. The average Bonchev–Trinajstić information content (AvgIpc) is 2.68. The Balaban J connectivity index is 1.84. The molecule has 5 nitrogen and oxygen atoms in total. The quantitative estimate of drug-likeness (QED) is 0.659. The van der Waals surface area contributed by atoms with Crippen LogP contribution >= 0.6 is 0 Å². The summed E-state index contributed by atoms with van der Waals surface area (Å²) < 4.78 is 5.36. The van der Waals surface area contributed by atoms with E-state index in [1.807, 2.05) is 6.92 Å². The molecule has 2 saturated heterocycles. The number of nitrogens with one attached hydrogen (secondary N) is 2. The molecular weight excluding hydrogens is 232 g/mol. The van der Waals surface area contributed by atoms with Crippen molar-refractivity contribution in [3.63, 3.8) is 0 Å². The van der Waals surface area contributed by atoms with Crippen molar-refractivity contribution < 1.29 is 14.6 Å². The van der Waals surface area contributed by atoms with E-state index in [-0.39, 0.29) is 17.9 Å². The Bertz CT molecular complexity index is 311. The van der Waals surface area contributed by atoms with E-state index in [2.05, 4.69) is 17.6 Å². The Morgan fingerprint density at radius 1 is 1.56 bits per heavy atom. The van der Waals surface area contributed by atoms with E-state index in [1.165, 1.54) is 0 Å². The fourth-order valence-electron chi connectivity index (χ4n) is 2.78. The lowest BCUT2D eigenvalue weighted by molar-refractivity contribution is -0.129. The normalized spacial score (nSPS) is 40.7. The van der Waals surface area contributed by atoms with Crippen molar-refractivity contribution in [1.82, 2.24) is 10.6 Å². The Morgan fingerprint density at radius 3 is 2.94 bits per heavy atom. The summed E-state index contributed by atoms with van der Waals surface area (Å²) in [5, 5.41) is 16.5. The minimum atomic E-state index is -0.897. The van der Waals surface area contributed by atoms with Crippen molar-refractivity contribution >= 4 is 5.91 Å². The van der Waals surface area contributed by atoms with Crippen LogP contribution in [0.15, 0.2) is 0 Å². The standard InChI is InChI=1S/C13H24N2O3/c1-9-7-14-5-3-11(9)12(16)15-8-13(17)4-6-18-10(13)2/h9-11,14,17H,3-8H2,1-2H3,(H,15,16). The van der Waals surface area contributed by atoms with Gasteiger partial charge in [0, 0.05) is 25.5 Å². The molecule has 0 bridgehead atoms. The molecule has 0 aromatic carbocycles. The van der Waals surface area contributed by atoms with Gasteiger partial charge in [0.25, 0.3) is 0 Å². The van der Waals surface area contributed by atoms with E-state index in [9.17, 15) is 9.90 Å². The molecule has 4 atom stereocenters. The first kappa shape index (κ1) is 13.8. The second-order valence-corrected chi connectivity index (χ2v) is 5.66. The van der Waals surface area contributed by atoms with Gasteiger partial charge in [0.15, 0.2) is 0 Å². The van der Waals surface area contributed by atoms with E-state index >= 15 is 0 Å². The van der Waals surface area contributed by atoms with Crippen molar-refractivity contribution in [2.24, 2.45) is 11.8 Å². The molecule has 2 rings (SSSR count). The number of rotatable bonds is 3. The van der Waals surface area contributed by atoms with E-state index < -0.39 is 5.60 Å². The summed E-state index contributed by atoms with van der Waals surface area (Å²) in [4.78, 5) is 12.1. The topological polar surface area (TPSA) is 70.6 Å². The van der Waals surface area contributed by atoms with Crippen molar-refractivity contribution in [3.05, 3.63) is 0 Å². The lowest BCUT2D eigenvalue weighted by Gasteiger charge is -2.31. The van der Waals surface area contributed by atoms with Gasteiger partial charge in [0.2, 0.25) is 5.91 Å². The third-order valence-corrected chi connectivity index (χ3v) is 4.35. The van der Waals surface area contributed by atoms with Gasteiger partial charge in [0.1, 0.15) is 5.60 Å². The van der Waals surface area contributed by atoms with E-state index in [0.717, 1.165) is 19.5 Å². The van der Waals surface area contributed by atoms with Gasteiger partial charge in [-0.3, -0.25) is 4.79 Å². The molecule has 0 radical (unpaired) electrons. The smallest absolute Gasteiger partial charge is 0.223 e. The fraction of sp³-hybridized carbons (Fsp3) is 0.923. The van der Waals surface area contributed by atoms with Crippen LogP contribution in [0.5, 0.6) is 0 Å². The van der Waals surface area contributed by atoms with Crippen LogP contribution in [0.1, 0.15) is 26.7 Å². The molecule has 0 aromatic heterocycles. The minimum Gasteiger partial charge on any atom is -0.385 e. The lowest BCUT2D eigenvalue weighted by atomic mass is 9.87. The van der Waals surface area contributed by atoms with Gasteiger partial charge in [-0.25, -0.2) is 0 Å². The van der Waals surface area contributed by atoms with Crippen LogP contribution in [0.2, 0.25) is 0 Å². The molecule has 0 aliphatic carbocycles. The number of hydrogen-bond donors (Lipinski definition) is 3. The molecule has 2 aliphatic rings. The third-order valence-electron chi connectivity index (χ3n) is 4.35. The molecule has 104 valence electrons. The molecule has 5 heteroatoms. The predicted octanol–water partition coefficient (Wildman–Crippen LogP) is -0.112. The van der Waals surface area contributed by atoms with Crippen molar-refractivity contribution in [3.8, 4) is 0 Å². The Morgan fingerprint density at radius 2 is 2.33 bits per heavy atom. The summed E-state index contributed by atoms with van der Waals surface area (Å²) >= 11 is 0. The maximum absolute atomic E-state index is 12.1. The first-order valence-electron chi connectivity index (χ1n) is 6.85. The first-order valence-corrected chi connectivity index (χ1v) is 6.85. The third kappa shape index (κ3) is 2.84. The van der Waals surface area contributed by atoms with Gasteiger partial charge in [-0.2, -0.15) is 0 Å². The van der Waals surface area contributed by atoms with Gasteiger partial charge >= 0.3 is 0 Å². The molecule has 0 spiro atoms. The Kier molecular flexibility index (Phi) is 4.25. The largest absolute Gasteiger partial charge is 0.385 e.